The number of carbonyl (C=O) groups is 3. The maximum atomic E-state index is 13.1. The molecule has 3 aliphatic heterocycles. The Balaban J connectivity index is 1.51. The molecule has 4 amide bonds. The molecule has 9 nitrogen and oxygen atoms in total. The largest absolute Gasteiger partial charge is 0.454 e. The molecule has 3 aliphatic rings. The van der Waals surface area contributed by atoms with E-state index in [1.54, 1.807) is 30.0 Å². The predicted octanol–water partition coefficient (Wildman–Crippen LogP) is 0.818. The molecule has 0 radical (unpaired) electrons. The van der Waals surface area contributed by atoms with E-state index in [1.165, 1.54) is 0 Å². The molecule has 3 heterocycles. The van der Waals surface area contributed by atoms with E-state index in [9.17, 15) is 14.4 Å². The number of benzene rings is 1. The molecule has 4 rings (SSSR count). The molecule has 1 N–H and O–H groups in total. The van der Waals surface area contributed by atoms with Crippen LogP contribution in [-0.4, -0.2) is 66.3 Å². The maximum absolute atomic E-state index is 13.1. The molecule has 0 spiro atoms. The van der Waals surface area contributed by atoms with E-state index >= 15 is 0 Å². The molecular weight excluding hydrogens is 366 g/mol. The first kappa shape index (κ1) is 18.5. The van der Waals surface area contributed by atoms with Crippen molar-refractivity contribution >= 4 is 17.8 Å². The lowest BCUT2D eigenvalue weighted by atomic mass is 9.91. The van der Waals surface area contributed by atoms with Crippen LogP contribution in [0.15, 0.2) is 18.2 Å². The highest BCUT2D eigenvalue weighted by molar-refractivity contribution is 6.09. The van der Waals surface area contributed by atoms with E-state index in [-0.39, 0.29) is 31.5 Å². The van der Waals surface area contributed by atoms with Gasteiger partial charge in [-0.15, -0.1) is 0 Å². The lowest BCUT2D eigenvalue weighted by molar-refractivity contribution is -0.146. The van der Waals surface area contributed by atoms with Gasteiger partial charge in [0.1, 0.15) is 12.1 Å². The van der Waals surface area contributed by atoms with Gasteiger partial charge in [-0.2, -0.15) is 0 Å². The Morgan fingerprint density at radius 3 is 2.57 bits per heavy atom. The normalized spacial score (nSPS) is 29.2. The van der Waals surface area contributed by atoms with Crippen molar-refractivity contribution in [1.29, 1.82) is 0 Å². The lowest BCUT2D eigenvalue weighted by Gasteiger charge is -2.35. The molecule has 9 heteroatoms. The minimum atomic E-state index is -1.27. The summed E-state index contributed by atoms with van der Waals surface area (Å²) in [5.74, 6) is 0.359. The van der Waals surface area contributed by atoms with Crippen LogP contribution in [0.25, 0.3) is 0 Å². The van der Waals surface area contributed by atoms with Crippen LogP contribution in [-0.2, 0) is 19.9 Å². The van der Waals surface area contributed by atoms with Crippen LogP contribution in [0.3, 0.4) is 0 Å². The second-order valence-electron chi connectivity index (χ2n) is 7.57. The first-order chi connectivity index (χ1) is 13.3. The summed E-state index contributed by atoms with van der Waals surface area (Å²) in [6.07, 6.45) is -0.176. The number of imide groups is 1. The van der Waals surface area contributed by atoms with Gasteiger partial charge in [0.15, 0.2) is 11.5 Å². The smallest absolute Gasteiger partial charge is 0.325 e. The number of ether oxygens (including phenoxy) is 3. The number of nitrogens with one attached hydrogen (secondary N) is 1. The van der Waals surface area contributed by atoms with Crippen LogP contribution >= 0.6 is 0 Å². The van der Waals surface area contributed by atoms with E-state index in [0.29, 0.717) is 30.2 Å². The quantitative estimate of drug-likeness (QED) is 0.769. The van der Waals surface area contributed by atoms with E-state index in [1.807, 2.05) is 13.8 Å². The highest BCUT2D eigenvalue weighted by Gasteiger charge is 2.50. The number of hydrogen-bond donors (Lipinski definition) is 1. The second-order valence-corrected chi connectivity index (χ2v) is 7.57. The standard InChI is InChI=1S/C19H23N3O6/c1-11-7-21(8-12(2)28-11)16(23)9-22-17(24)19(3,20-18(22)25)13-4-5-14-15(6-13)27-10-26-14/h4-6,11-12H,7-10H2,1-3H3,(H,20,25)/t11-,12-,19+/m0/s1. The van der Waals surface area contributed by atoms with Gasteiger partial charge in [-0.25, -0.2) is 4.79 Å². The topological polar surface area (TPSA) is 97.4 Å². The summed E-state index contributed by atoms with van der Waals surface area (Å²) in [7, 11) is 0. The maximum Gasteiger partial charge on any atom is 0.325 e. The number of rotatable bonds is 3. The van der Waals surface area contributed by atoms with Crippen molar-refractivity contribution in [1.82, 2.24) is 15.1 Å². The number of amides is 4. The summed E-state index contributed by atoms with van der Waals surface area (Å²) in [4.78, 5) is 40.9. The van der Waals surface area contributed by atoms with Crippen molar-refractivity contribution in [2.75, 3.05) is 26.4 Å². The lowest BCUT2D eigenvalue weighted by Crippen LogP contribution is -2.52. The van der Waals surface area contributed by atoms with Crippen molar-refractivity contribution in [2.45, 2.75) is 38.5 Å². The number of urea groups is 1. The van der Waals surface area contributed by atoms with Crippen molar-refractivity contribution in [3.63, 3.8) is 0 Å². The van der Waals surface area contributed by atoms with Gasteiger partial charge >= 0.3 is 6.03 Å². The number of morpholine rings is 1. The SMILES string of the molecule is C[C@H]1CN(C(=O)CN2C(=O)N[C@](C)(c3ccc4c(c3)OCO4)C2=O)C[C@H](C)O1. The van der Waals surface area contributed by atoms with Crippen LogP contribution < -0.4 is 14.8 Å². The molecule has 2 saturated heterocycles. The fourth-order valence-corrected chi connectivity index (χ4v) is 3.86. The molecule has 0 saturated carbocycles. The summed E-state index contributed by atoms with van der Waals surface area (Å²) >= 11 is 0. The Kier molecular flexibility index (Phi) is 4.41. The number of fused-ring (bicyclic) bond motifs is 1. The number of nitrogens with zero attached hydrogens (tertiary/aromatic N) is 2. The predicted molar refractivity (Wildman–Crippen MR) is 96.8 cm³/mol. The second kappa shape index (κ2) is 6.66. The Hall–Kier alpha value is -2.81. The molecule has 0 unspecified atom stereocenters. The number of carbonyl (C=O) groups excluding carboxylic acids is 3. The third-order valence-corrected chi connectivity index (χ3v) is 5.29. The van der Waals surface area contributed by atoms with Gasteiger partial charge in [0.05, 0.1) is 12.2 Å². The summed E-state index contributed by atoms with van der Waals surface area (Å²) in [5.41, 5.74) is -0.706. The molecular formula is C19H23N3O6. The average Bonchev–Trinajstić information content (AvgIpc) is 3.19. The molecule has 1 aromatic carbocycles. The molecule has 1 aromatic rings. The van der Waals surface area contributed by atoms with Crippen molar-refractivity contribution in [3.05, 3.63) is 23.8 Å². The van der Waals surface area contributed by atoms with Crippen molar-refractivity contribution in [2.24, 2.45) is 0 Å². The Labute approximate surface area is 162 Å². The number of hydrogen-bond acceptors (Lipinski definition) is 6. The Morgan fingerprint density at radius 1 is 1.18 bits per heavy atom. The zero-order chi connectivity index (χ0) is 20.1. The van der Waals surface area contributed by atoms with Crippen LogP contribution in [0, 0.1) is 0 Å². The third kappa shape index (κ3) is 3.05. The van der Waals surface area contributed by atoms with E-state index in [0.717, 1.165) is 4.90 Å². The van der Waals surface area contributed by atoms with Crippen molar-refractivity contribution in [3.8, 4) is 11.5 Å². The first-order valence-corrected chi connectivity index (χ1v) is 9.25. The Bertz CT molecular complexity index is 833. The molecule has 28 heavy (non-hydrogen) atoms. The monoisotopic (exact) mass is 389 g/mol. The summed E-state index contributed by atoms with van der Waals surface area (Å²) in [6, 6.07) is 4.50. The van der Waals surface area contributed by atoms with Crippen LogP contribution in [0.5, 0.6) is 11.5 Å². The summed E-state index contributed by atoms with van der Waals surface area (Å²) in [6.45, 7) is 6.09. The van der Waals surface area contributed by atoms with Gasteiger partial charge in [-0.05, 0) is 38.5 Å². The van der Waals surface area contributed by atoms with Crippen molar-refractivity contribution < 1.29 is 28.6 Å². The van der Waals surface area contributed by atoms with Crippen LogP contribution in [0.2, 0.25) is 0 Å². The van der Waals surface area contributed by atoms with E-state index in [4.69, 9.17) is 14.2 Å². The summed E-state index contributed by atoms with van der Waals surface area (Å²) < 4.78 is 16.3. The van der Waals surface area contributed by atoms with Gasteiger partial charge < -0.3 is 24.4 Å². The molecule has 0 aromatic heterocycles. The Morgan fingerprint density at radius 2 is 1.86 bits per heavy atom. The van der Waals surface area contributed by atoms with Gasteiger partial charge in [0.25, 0.3) is 5.91 Å². The zero-order valence-electron chi connectivity index (χ0n) is 16.1. The fraction of sp³-hybridized carbons (Fsp3) is 0.526. The molecule has 0 aliphatic carbocycles. The highest BCUT2D eigenvalue weighted by Crippen LogP contribution is 2.37. The highest BCUT2D eigenvalue weighted by atomic mass is 16.7. The minimum absolute atomic E-state index is 0.0882. The molecule has 0 bridgehead atoms. The van der Waals surface area contributed by atoms with Gasteiger partial charge in [0.2, 0.25) is 12.7 Å². The fourth-order valence-electron chi connectivity index (χ4n) is 3.86. The third-order valence-electron chi connectivity index (χ3n) is 5.29. The zero-order valence-corrected chi connectivity index (χ0v) is 16.1. The molecule has 2 fully saturated rings. The summed E-state index contributed by atoms with van der Waals surface area (Å²) in [5, 5.41) is 2.71. The van der Waals surface area contributed by atoms with Crippen LogP contribution in [0.1, 0.15) is 26.3 Å². The van der Waals surface area contributed by atoms with Crippen LogP contribution in [0.4, 0.5) is 4.79 Å². The molecule has 150 valence electrons. The minimum Gasteiger partial charge on any atom is -0.454 e. The van der Waals surface area contributed by atoms with Gasteiger partial charge in [-0.3, -0.25) is 14.5 Å². The average molecular weight is 389 g/mol. The molecule has 3 atom stereocenters. The van der Waals surface area contributed by atoms with E-state index in [2.05, 4.69) is 5.32 Å². The first-order valence-electron chi connectivity index (χ1n) is 9.25. The van der Waals surface area contributed by atoms with Gasteiger partial charge in [0, 0.05) is 13.1 Å². The van der Waals surface area contributed by atoms with E-state index < -0.39 is 17.5 Å². The van der Waals surface area contributed by atoms with Gasteiger partial charge in [-0.1, -0.05) is 6.07 Å².